The molecule has 1 aromatic rings. The summed E-state index contributed by atoms with van der Waals surface area (Å²) in [5.74, 6) is 3.09. The lowest BCUT2D eigenvalue weighted by atomic mass is 10.3. The SMILES string of the molecule is CCCSCc1ncc(C)c(C)n1. The Bertz CT molecular complexity index is 274. The van der Waals surface area contributed by atoms with Crippen molar-refractivity contribution in [2.75, 3.05) is 5.75 Å². The zero-order chi connectivity index (χ0) is 9.68. The minimum Gasteiger partial charge on any atom is -0.240 e. The van der Waals surface area contributed by atoms with E-state index in [1.807, 2.05) is 31.8 Å². The van der Waals surface area contributed by atoms with Gasteiger partial charge in [-0.3, -0.25) is 0 Å². The van der Waals surface area contributed by atoms with Crippen molar-refractivity contribution in [3.63, 3.8) is 0 Å². The van der Waals surface area contributed by atoms with Crippen LogP contribution in [0.2, 0.25) is 0 Å². The molecule has 1 aromatic heterocycles. The smallest absolute Gasteiger partial charge is 0.138 e. The van der Waals surface area contributed by atoms with Crippen LogP contribution in [0.3, 0.4) is 0 Å². The Hall–Kier alpha value is -0.570. The van der Waals surface area contributed by atoms with Crippen LogP contribution >= 0.6 is 11.8 Å². The first-order chi connectivity index (χ1) is 6.24. The van der Waals surface area contributed by atoms with Crippen molar-refractivity contribution < 1.29 is 0 Å². The van der Waals surface area contributed by atoms with Gasteiger partial charge in [0, 0.05) is 11.9 Å². The van der Waals surface area contributed by atoms with Crippen molar-refractivity contribution in [2.45, 2.75) is 32.9 Å². The monoisotopic (exact) mass is 196 g/mol. The van der Waals surface area contributed by atoms with Gasteiger partial charge >= 0.3 is 0 Å². The molecule has 3 heteroatoms. The third kappa shape index (κ3) is 3.35. The fraction of sp³-hybridized carbons (Fsp3) is 0.600. The topological polar surface area (TPSA) is 25.8 Å². The molecule has 0 bridgehead atoms. The fourth-order valence-electron chi connectivity index (χ4n) is 0.953. The molecule has 0 aliphatic rings. The Morgan fingerprint density at radius 3 is 2.77 bits per heavy atom. The maximum atomic E-state index is 4.41. The largest absolute Gasteiger partial charge is 0.240 e. The average molecular weight is 196 g/mol. The van der Waals surface area contributed by atoms with E-state index in [0.29, 0.717) is 0 Å². The number of rotatable bonds is 4. The van der Waals surface area contributed by atoms with E-state index in [-0.39, 0.29) is 0 Å². The van der Waals surface area contributed by atoms with Gasteiger partial charge in [0.2, 0.25) is 0 Å². The van der Waals surface area contributed by atoms with Gasteiger partial charge in [-0.05, 0) is 31.6 Å². The van der Waals surface area contributed by atoms with E-state index >= 15 is 0 Å². The first kappa shape index (κ1) is 10.5. The van der Waals surface area contributed by atoms with Crippen molar-refractivity contribution in [1.82, 2.24) is 9.97 Å². The number of hydrogen-bond acceptors (Lipinski definition) is 3. The van der Waals surface area contributed by atoms with E-state index < -0.39 is 0 Å². The fourth-order valence-corrected chi connectivity index (χ4v) is 1.71. The summed E-state index contributed by atoms with van der Waals surface area (Å²) >= 11 is 1.90. The van der Waals surface area contributed by atoms with E-state index in [9.17, 15) is 0 Å². The summed E-state index contributed by atoms with van der Waals surface area (Å²) in [5.41, 5.74) is 2.27. The first-order valence-electron chi connectivity index (χ1n) is 4.61. The third-order valence-corrected chi connectivity index (χ3v) is 3.01. The molecule has 0 atom stereocenters. The molecule has 0 saturated heterocycles. The van der Waals surface area contributed by atoms with Crippen molar-refractivity contribution >= 4 is 11.8 Å². The second-order valence-corrected chi connectivity index (χ2v) is 4.21. The number of nitrogens with zero attached hydrogens (tertiary/aromatic N) is 2. The third-order valence-electron chi connectivity index (χ3n) is 1.85. The van der Waals surface area contributed by atoms with Gasteiger partial charge < -0.3 is 0 Å². The molecular weight excluding hydrogens is 180 g/mol. The van der Waals surface area contributed by atoms with Gasteiger partial charge in [-0.1, -0.05) is 6.92 Å². The Balaban J connectivity index is 2.53. The molecule has 0 amide bonds. The number of aromatic nitrogens is 2. The predicted molar refractivity (Wildman–Crippen MR) is 58.0 cm³/mol. The zero-order valence-corrected chi connectivity index (χ0v) is 9.32. The maximum Gasteiger partial charge on any atom is 0.138 e. The van der Waals surface area contributed by atoms with E-state index in [4.69, 9.17) is 0 Å². The molecule has 1 rings (SSSR count). The van der Waals surface area contributed by atoms with Crippen LogP contribution in [-0.4, -0.2) is 15.7 Å². The lowest BCUT2D eigenvalue weighted by Gasteiger charge is -2.02. The molecule has 2 nitrogen and oxygen atoms in total. The number of thioether (sulfide) groups is 1. The van der Waals surface area contributed by atoms with Gasteiger partial charge in [-0.15, -0.1) is 0 Å². The lowest BCUT2D eigenvalue weighted by molar-refractivity contribution is 0.970. The van der Waals surface area contributed by atoms with E-state index in [1.165, 1.54) is 17.7 Å². The highest BCUT2D eigenvalue weighted by Gasteiger charge is 1.99. The molecule has 1 heterocycles. The summed E-state index contributed by atoms with van der Waals surface area (Å²) in [6.07, 6.45) is 3.12. The Labute approximate surface area is 84.2 Å². The zero-order valence-electron chi connectivity index (χ0n) is 8.50. The Kier molecular flexibility index (Phi) is 4.22. The second kappa shape index (κ2) is 5.22. The summed E-state index contributed by atoms with van der Waals surface area (Å²) in [4.78, 5) is 8.69. The van der Waals surface area contributed by atoms with Gasteiger partial charge in [-0.25, -0.2) is 9.97 Å². The van der Waals surface area contributed by atoms with Gasteiger partial charge in [0.15, 0.2) is 0 Å². The van der Waals surface area contributed by atoms with Gasteiger partial charge in [0.25, 0.3) is 0 Å². The van der Waals surface area contributed by atoms with E-state index in [2.05, 4.69) is 16.9 Å². The van der Waals surface area contributed by atoms with Crippen LogP contribution in [0.25, 0.3) is 0 Å². The van der Waals surface area contributed by atoms with E-state index in [0.717, 1.165) is 17.3 Å². The molecule has 0 fully saturated rings. The molecule has 0 aromatic carbocycles. The van der Waals surface area contributed by atoms with Crippen LogP contribution in [0.4, 0.5) is 0 Å². The van der Waals surface area contributed by atoms with Crippen LogP contribution in [0.5, 0.6) is 0 Å². The molecule has 0 aliphatic heterocycles. The minimum atomic E-state index is 0.939. The van der Waals surface area contributed by atoms with E-state index in [1.54, 1.807) is 0 Å². The van der Waals surface area contributed by atoms with Crippen molar-refractivity contribution in [3.8, 4) is 0 Å². The van der Waals surface area contributed by atoms with Crippen LogP contribution < -0.4 is 0 Å². The first-order valence-corrected chi connectivity index (χ1v) is 5.76. The average Bonchev–Trinajstić information content (AvgIpc) is 2.12. The molecule has 0 unspecified atom stereocenters. The van der Waals surface area contributed by atoms with Crippen molar-refractivity contribution in [3.05, 3.63) is 23.3 Å². The lowest BCUT2D eigenvalue weighted by Crippen LogP contribution is -1.97. The van der Waals surface area contributed by atoms with Gasteiger partial charge in [0.1, 0.15) is 5.82 Å². The number of hydrogen-bond donors (Lipinski definition) is 0. The molecule has 0 N–H and O–H groups in total. The highest BCUT2D eigenvalue weighted by Crippen LogP contribution is 2.10. The van der Waals surface area contributed by atoms with Crippen molar-refractivity contribution in [1.29, 1.82) is 0 Å². The van der Waals surface area contributed by atoms with Gasteiger partial charge in [0.05, 0.1) is 5.75 Å². The molecule has 0 aliphatic carbocycles. The quantitative estimate of drug-likeness (QED) is 0.692. The molecule has 13 heavy (non-hydrogen) atoms. The summed E-state index contributed by atoms with van der Waals surface area (Å²) in [7, 11) is 0. The summed E-state index contributed by atoms with van der Waals surface area (Å²) < 4.78 is 0. The maximum absolute atomic E-state index is 4.41. The summed E-state index contributed by atoms with van der Waals surface area (Å²) in [6, 6.07) is 0. The highest BCUT2D eigenvalue weighted by atomic mass is 32.2. The number of aryl methyl sites for hydroxylation is 2. The van der Waals surface area contributed by atoms with Gasteiger partial charge in [-0.2, -0.15) is 11.8 Å². The molecule has 72 valence electrons. The van der Waals surface area contributed by atoms with Crippen LogP contribution in [0.15, 0.2) is 6.20 Å². The normalized spacial score (nSPS) is 10.4. The predicted octanol–water partition coefficient (Wildman–Crippen LogP) is 2.74. The Morgan fingerprint density at radius 1 is 1.38 bits per heavy atom. The van der Waals surface area contributed by atoms with Crippen LogP contribution in [0, 0.1) is 13.8 Å². The molecular formula is C10H16N2S. The summed E-state index contributed by atoms with van der Waals surface area (Å²) in [6.45, 7) is 6.26. The summed E-state index contributed by atoms with van der Waals surface area (Å²) in [5, 5.41) is 0. The minimum absolute atomic E-state index is 0.939. The molecule has 0 saturated carbocycles. The Morgan fingerprint density at radius 2 is 2.15 bits per heavy atom. The van der Waals surface area contributed by atoms with Crippen molar-refractivity contribution in [2.24, 2.45) is 0 Å². The van der Waals surface area contributed by atoms with Crippen LogP contribution in [-0.2, 0) is 5.75 Å². The van der Waals surface area contributed by atoms with Crippen LogP contribution in [0.1, 0.15) is 30.4 Å². The highest BCUT2D eigenvalue weighted by molar-refractivity contribution is 7.98. The molecule has 0 radical (unpaired) electrons. The standard InChI is InChI=1S/C10H16N2S/c1-4-5-13-7-10-11-6-8(2)9(3)12-10/h6H,4-5,7H2,1-3H3. The second-order valence-electron chi connectivity index (χ2n) is 3.11. The molecule has 0 spiro atoms.